The third-order valence-electron chi connectivity index (χ3n) is 6.03. The Morgan fingerprint density at radius 1 is 1.03 bits per heavy atom. The maximum Gasteiger partial charge on any atom is 0.231 e. The largest absolute Gasteiger partial charge is 0.493 e. The van der Waals surface area contributed by atoms with Crippen LogP contribution in [-0.4, -0.2) is 20.4 Å². The van der Waals surface area contributed by atoms with Crippen LogP contribution in [0.2, 0.25) is 0 Å². The highest BCUT2D eigenvalue weighted by atomic mass is 19.1. The highest BCUT2D eigenvalue weighted by Crippen LogP contribution is 2.41. The lowest BCUT2D eigenvalue weighted by Crippen LogP contribution is -2.30. The van der Waals surface area contributed by atoms with Crippen molar-refractivity contribution in [1.82, 2.24) is 5.32 Å². The van der Waals surface area contributed by atoms with Gasteiger partial charge >= 0.3 is 0 Å². The molecular weight excluding hydrogens is 421 g/mol. The lowest BCUT2D eigenvalue weighted by Gasteiger charge is -2.28. The van der Waals surface area contributed by atoms with Gasteiger partial charge in [-0.05, 0) is 59.0 Å². The first-order chi connectivity index (χ1) is 16.1. The SMILES string of the molecule is COc1cc2c(cc1OCc1ccccc1)C(F)CNC2/C=C/c1cc2c(cc1C)OCO2. The molecule has 6 heteroatoms. The normalized spacial score (nSPS) is 18.9. The molecule has 3 aromatic rings. The Labute approximate surface area is 192 Å². The monoisotopic (exact) mass is 447 g/mol. The number of ether oxygens (including phenoxy) is 4. The molecule has 0 spiro atoms. The molecule has 0 radical (unpaired) electrons. The fraction of sp³-hybridized carbons (Fsp3) is 0.259. The van der Waals surface area contributed by atoms with Crippen molar-refractivity contribution >= 4 is 6.08 Å². The van der Waals surface area contributed by atoms with Gasteiger partial charge in [0.25, 0.3) is 0 Å². The molecule has 1 N–H and O–H groups in total. The number of fused-ring (bicyclic) bond motifs is 2. The van der Waals surface area contributed by atoms with Crippen LogP contribution >= 0.6 is 0 Å². The van der Waals surface area contributed by atoms with Gasteiger partial charge in [0.05, 0.1) is 13.2 Å². The van der Waals surface area contributed by atoms with Crippen molar-refractivity contribution in [2.75, 3.05) is 20.4 Å². The first-order valence-corrected chi connectivity index (χ1v) is 11.0. The molecule has 0 aromatic heterocycles. The molecule has 5 nitrogen and oxygen atoms in total. The van der Waals surface area contributed by atoms with E-state index in [-0.39, 0.29) is 19.4 Å². The molecule has 2 unspecified atom stereocenters. The predicted molar refractivity (Wildman–Crippen MR) is 125 cm³/mol. The average molecular weight is 448 g/mol. The first kappa shape index (κ1) is 21.3. The molecule has 0 saturated carbocycles. The molecule has 3 aromatic carbocycles. The summed E-state index contributed by atoms with van der Waals surface area (Å²) in [4.78, 5) is 0. The topological polar surface area (TPSA) is 49.0 Å². The second-order valence-corrected chi connectivity index (χ2v) is 8.18. The molecule has 2 aliphatic rings. The third kappa shape index (κ3) is 4.39. The van der Waals surface area contributed by atoms with E-state index >= 15 is 0 Å². The van der Waals surface area contributed by atoms with E-state index < -0.39 is 6.17 Å². The van der Waals surface area contributed by atoms with Crippen molar-refractivity contribution in [3.8, 4) is 23.0 Å². The molecule has 0 bridgehead atoms. The molecule has 0 fully saturated rings. The average Bonchev–Trinajstić information content (AvgIpc) is 3.29. The van der Waals surface area contributed by atoms with E-state index in [4.69, 9.17) is 18.9 Å². The van der Waals surface area contributed by atoms with Crippen LogP contribution in [0.1, 0.15) is 40.0 Å². The smallest absolute Gasteiger partial charge is 0.231 e. The van der Waals surface area contributed by atoms with Crippen LogP contribution in [-0.2, 0) is 6.61 Å². The van der Waals surface area contributed by atoms with Crippen LogP contribution in [0.15, 0.2) is 60.7 Å². The maximum atomic E-state index is 14.9. The zero-order chi connectivity index (χ0) is 22.8. The zero-order valence-corrected chi connectivity index (χ0v) is 18.6. The Morgan fingerprint density at radius 3 is 2.58 bits per heavy atom. The van der Waals surface area contributed by atoms with Gasteiger partial charge in [0.15, 0.2) is 23.0 Å². The number of hydrogen-bond donors (Lipinski definition) is 1. The molecular formula is C27H26FNO4. The second-order valence-electron chi connectivity index (χ2n) is 8.18. The minimum Gasteiger partial charge on any atom is -0.493 e. The number of aryl methyl sites for hydroxylation is 1. The standard InChI is InChI=1S/C27H26FNO4/c1-17-10-25-26(33-16-32-25)11-19(17)8-9-23-21-13-24(30-2)27(12-20(21)22(28)14-29-23)31-15-18-6-4-3-5-7-18/h3-13,22-23,29H,14-16H2,1-2H3/b9-8+. The number of methoxy groups -OCH3 is 1. The quantitative estimate of drug-likeness (QED) is 0.527. The van der Waals surface area contributed by atoms with Crippen molar-refractivity contribution in [2.45, 2.75) is 25.7 Å². The van der Waals surface area contributed by atoms with Crippen molar-refractivity contribution in [3.05, 3.63) is 88.5 Å². The Hall–Kier alpha value is -3.51. The van der Waals surface area contributed by atoms with Gasteiger partial charge in [-0.3, -0.25) is 0 Å². The van der Waals surface area contributed by atoms with E-state index in [0.29, 0.717) is 23.7 Å². The van der Waals surface area contributed by atoms with E-state index in [1.54, 1.807) is 13.2 Å². The number of rotatable bonds is 6. The van der Waals surface area contributed by atoms with E-state index in [1.165, 1.54) is 0 Å². The van der Waals surface area contributed by atoms with E-state index in [2.05, 4.69) is 5.32 Å². The number of alkyl halides is 1. The van der Waals surface area contributed by atoms with E-state index in [0.717, 1.165) is 33.8 Å². The third-order valence-corrected chi connectivity index (χ3v) is 6.03. The summed E-state index contributed by atoms with van der Waals surface area (Å²) in [5, 5.41) is 3.28. The van der Waals surface area contributed by atoms with Crippen molar-refractivity contribution in [1.29, 1.82) is 0 Å². The zero-order valence-electron chi connectivity index (χ0n) is 18.6. The van der Waals surface area contributed by atoms with Gasteiger partial charge in [-0.15, -0.1) is 0 Å². The Morgan fingerprint density at radius 2 is 1.79 bits per heavy atom. The number of nitrogens with one attached hydrogen (secondary N) is 1. The summed E-state index contributed by atoms with van der Waals surface area (Å²) in [6.07, 6.45) is 2.95. The molecule has 33 heavy (non-hydrogen) atoms. The van der Waals surface area contributed by atoms with Gasteiger partial charge in [-0.25, -0.2) is 4.39 Å². The first-order valence-electron chi connectivity index (χ1n) is 11.0. The van der Waals surface area contributed by atoms with Crippen LogP contribution < -0.4 is 24.3 Å². The van der Waals surface area contributed by atoms with Crippen molar-refractivity contribution in [3.63, 3.8) is 0 Å². The number of hydrogen-bond acceptors (Lipinski definition) is 5. The Bertz CT molecular complexity index is 1180. The molecule has 2 heterocycles. The summed E-state index contributed by atoms with van der Waals surface area (Å²) in [5.41, 5.74) is 4.61. The molecule has 2 aliphatic heterocycles. The van der Waals surface area contributed by atoms with Crippen LogP contribution in [0.25, 0.3) is 6.08 Å². The predicted octanol–water partition coefficient (Wildman–Crippen LogP) is 5.68. The summed E-state index contributed by atoms with van der Waals surface area (Å²) < 4.78 is 37.4. The summed E-state index contributed by atoms with van der Waals surface area (Å²) in [6, 6.07) is 17.3. The van der Waals surface area contributed by atoms with E-state index in [1.807, 2.05) is 67.6 Å². The second kappa shape index (κ2) is 9.16. The minimum atomic E-state index is -1.12. The highest BCUT2D eigenvalue weighted by molar-refractivity contribution is 5.62. The number of halogens is 1. The van der Waals surface area contributed by atoms with Gasteiger partial charge < -0.3 is 24.3 Å². The molecule has 2 atom stereocenters. The summed E-state index contributed by atoms with van der Waals surface area (Å²) >= 11 is 0. The molecule has 170 valence electrons. The Kier molecular flexibility index (Phi) is 5.92. The van der Waals surface area contributed by atoms with Gasteiger partial charge in [0.1, 0.15) is 12.8 Å². The molecule has 5 rings (SSSR count). The Balaban J connectivity index is 1.42. The van der Waals surface area contributed by atoms with Crippen molar-refractivity contribution in [2.24, 2.45) is 0 Å². The fourth-order valence-corrected chi connectivity index (χ4v) is 4.20. The van der Waals surface area contributed by atoms with Crippen LogP contribution in [0.4, 0.5) is 4.39 Å². The molecule has 0 saturated heterocycles. The van der Waals surface area contributed by atoms with Crippen LogP contribution in [0, 0.1) is 6.92 Å². The van der Waals surface area contributed by atoms with Gasteiger partial charge in [-0.2, -0.15) is 0 Å². The van der Waals surface area contributed by atoms with Gasteiger partial charge in [0.2, 0.25) is 6.79 Å². The van der Waals surface area contributed by atoms with Gasteiger partial charge in [0, 0.05) is 6.54 Å². The molecule has 0 amide bonds. The van der Waals surface area contributed by atoms with Crippen LogP contribution in [0.5, 0.6) is 23.0 Å². The van der Waals surface area contributed by atoms with Crippen molar-refractivity contribution < 1.29 is 23.3 Å². The summed E-state index contributed by atoms with van der Waals surface area (Å²) in [6.45, 7) is 2.89. The maximum absolute atomic E-state index is 14.9. The minimum absolute atomic E-state index is 0.158. The van der Waals surface area contributed by atoms with Crippen LogP contribution in [0.3, 0.4) is 0 Å². The fourth-order valence-electron chi connectivity index (χ4n) is 4.20. The number of benzene rings is 3. The van der Waals surface area contributed by atoms with Gasteiger partial charge in [-0.1, -0.05) is 42.5 Å². The summed E-state index contributed by atoms with van der Waals surface area (Å²) in [7, 11) is 1.60. The summed E-state index contributed by atoms with van der Waals surface area (Å²) in [5.74, 6) is 2.62. The van der Waals surface area contributed by atoms with E-state index in [9.17, 15) is 4.39 Å². The molecule has 0 aliphatic carbocycles. The highest BCUT2D eigenvalue weighted by Gasteiger charge is 2.28. The lowest BCUT2D eigenvalue weighted by molar-refractivity contribution is 0.174. The lowest BCUT2D eigenvalue weighted by atomic mass is 9.91.